The molecule has 0 atom stereocenters. The van der Waals surface area contributed by atoms with Gasteiger partial charge >= 0.3 is 0 Å². The Balaban J connectivity index is 2.10. The highest BCUT2D eigenvalue weighted by molar-refractivity contribution is 5.81. The number of para-hydroxylation sites is 2. The molecule has 2 N–H and O–H groups in total. The monoisotopic (exact) mass is 243 g/mol. The van der Waals surface area contributed by atoms with Gasteiger partial charge in [-0.15, -0.1) is 0 Å². The molecule has 1 aliphatic heterocycles. The predicted molar refractivity (Wildman–Crippen MR) is 74.3 cm³/mol. The van der Waals surface area contributed by atoms with Crippen molar-refractivity contribution in [1.82, 2.24) is 9.78 Å². The number of fused-ring (bicyclic) bond motifs is 1. The van der Waals surface area contributed by atoms with Gasteiger partial charge in [-0.3, -0.25) is 4.68 Å². The number of hydrogen-bond acceptors (Lipinski definition) is 4. The number of nitrogens with zero attached hydrogens (tertiary/aromatic N) is 4. The SMILES string of the molecule is CN1CCN(c2nn(C)cc2N)c2ccccc21. The van der Waals surface area contributed by atoms with Gasteiger partial charge in [-0.1, -0.05) is 12.1 Å². The number of hydrogen-bond donors (Lipinski definition) is 1. The molecule has 0 fully saturated rings. The maximum absolute atomic E-state index is 6.03. The zero-order chi connectivity index (χ0) is 12.7. The number of likely N-dealkylation sites (N-methyl/N-ethyl adjacent to an activating group) is 1. The minimum atomic E-state index is 0.719. The van der Waals surface area contributed by atoms with E-state index in [-0.39, 0.29) is 0 Å². The fourth-order valence-electron chi connectivity index (χ4n) is 2.43. The molecule has 5 heteroatoms. The molecule has 0 radical (unpaired) electrons. The molecular weight excluding hydrogens is 226 g/mol. The lowest BCUT2D eigenvalue weighted by molar-refractivity contribution is 0.747. The molecule has 1 aromatic carbocycles. The lowest BCUT2D eigenvalue weighted by Gasteiger charge is -2.35. The largest absolute Gasteiger partial charge is 0.394 e. The molecule has 0 spiro atoms. The molecule has 18 heavy (non-hydrogen) atoms. The van der Waals surface area contributed by atoms with Crippen molar-refractivity contribution in [3.63, 3.8) is 0 Å². The third-order valence-corrected chi connectivity index (χ3v) is 3.34. The van der Waals surface area contributed by atoms with Crippen molar-refractivity contribution in [3.05, 3.63) is 30.5 Å². The van der Waals surface area contributed by atoms with Crippen LogP contribution in [0.2, 0.25) is 0 Å². The lowest BCUT2D eigenvalue weighted by Crippen LogP contribution is -2.36. The number of nitrogens with two attached hydrogens (primary N) is 1. The van der Waals surface area contributed by atoms with Crippen LogP contribution in [0.25, 0.3) is 0 Å². The summed E-state index contributed by atoms with van der Waals surface area (Å²) < 4.78 is 1.76. The summed E-state index contributed by atoms with van der Waals surface area (Å²) in [6, 6.07) is 8.34. The van der Waals surface area contributed by atoms with E-state index >= 15 is 0 Å². The Kier molecular flexibility index (Phi) is 2.40. The van der Waals surface area contributed by atoms with E-state index in [4.69, 9.17) is 5.73 Å². The van der Waals surface area contributed by atoms with E-state index in [1.807, 2.05) is 19.3 Å². The average Bonchev–Trinajstić information content (AvgIpc) is 2.69. The molecule has 0 bridgehead atoms. The number of nitrogen functional groups attached to an aromatic ring is 1. The first kappa shape index (κ1) is 11.0. The Morgan fingerprint density at radius 1 is 1.11 bits per heavy atom. The Bertz CT molecular complexity index is 575. The van der Waals surface area contributed by atoms with Crippen molar-refractivity contribution < 1.29 is 0 Å². The van der Waals surface area contributed by atoms with Gasteiger partial charge in [0.1, 0.15) is 0 Å². The van der Waals surface area contributed by atoms with Gasteiger partial charge in [0, 0.05) is 33.4 Å². The zero-order valence-corrected chi connectivity index (χ0v) is 10.7. The van der Waals surface area contributed by atoms with Crippen LogP contribution in [0.4, 0.5) is 22.9 Å². The van der Waals surface area contributed by atoms with Crippen molar-refractivity contribution in [2.45, 2.75) is 0 Å². The highest BCUT2D eigenvalue weighted by Crippen LogP contribution is 2.37. The van der Waals surface area contributed by atoms with E-state index in [1.165, 1.54) is 5.69 Å². The summed E-state index contributed by atoms with van der Waals surface area (Å²) in [5.74, 6) is 0.845. The number of benzene rings is 1. The first-order valence-electron chi connectivity index (χ1n) is 6.03. The average molecular weight is 243 g/mol. The van der Waals surface area contributed by atoms with Gasteiger partial charge in [-0.05, 0) is 12.1 Å². The molecule has 2 aromatic rings. The minimum absolute atomic E-state index is 0.719. The van der Waals surface area contributed by atoms with Crippen molar-refractivity contribution >= 4 is 22.9 Å². The topological polar surface area (TPSA) is 50.3 Å². The van der Waals surface area contributed by atoms with Crippen LogP contribution >= 0.6 is 0 Å². The van der Waals surface area contributed by atoms with E-state index < -0.39 is 0 Å². The van der Waals surface area contributed by atoms with Crippen LogP contribution in [0.1, 0.15) is 0 Å². The number of aromatic nitrogens is 2. The molecule has 0 saturated carbocycles. The molecule has 0 unspecified atom stereocenters. The number of rotatable bonds is 1. The van der Waals surface area contributed by atoms with E-state index in [0.29, 0.717) is 0 Å². The molecule has 1 aliphatic rings. The maximum Gasteiger partial charge on any atom is 0.178 e. The van der Waals surface area contributed by atoms with Gasteiger partial charge < -0.3 is 15.5 Å². The lowest BCUT2D eigenvalue weighted by atomic mass is 10.1. The summed E-state index contributed by atoms with van der Waals surface area (Å²) in [6.45, 7) is 1.86. The summed E-state index contributed by atoms with van der Waals surface area (Å²) in [5, 5.41) is 4.46. The van der Waals surface area contributed by atoms with Gasteiger partial charge in [0.2, 0.25) is 0 Å². The highest BCUT2D eigenvalue weighted by atomic mass is 15.4. The number of aryl methyl sites for hydroxylation is 1. The molecule has 0 amide bonds. The maximum atomic E-state index is 6.03. The van der Waals surface area contributed by atoms with Crippen molar-refractivity contribution in [1.29, 1.82) is 0 Å². The van der Waals surface area contributed by atoms with Gasteiger partial charge in [-0.2, -0.15) is 5.10 Å². The second-order valence-electron chi connectivity index (χ2n) is 4.64. The van der Waals surface area contributed by atoms with Gasteiger partial charge in [0.05, 0.1) is 17.1 Å². The van der Waals surface area contributed by atoms with E-state index in [2.05, 4.69) is 40.1 Å². The molecule has 1 aromatic heterocycles. The molecule has 2 heterocycles. The predicted octanol–water partition coefficient (Wildman–Crippen LogP) is 1.59. The van der Waals surface area contributed by atoms with Crippen LogP contribution in [-0.4, -0.2) is 29.9 Å². The summed E-state index contributed by atoms with van der Waals surface area (Å²) >= 11 is 0. The minimum Gasteiger partial charge on any atom is -0.394 e. The Morgan fingerprint density at radius 2 is 1.83 bits per heavy atom. The Labute approximate surface area is 106 Å². The zero-order valence-electron chi connectivity index (χ0n) is 10.7. The van der Waals surface area contributed by atoms with Crippen molar-refractivity contribution in [3.8, 4) is 0 Å². The normalized spacial score (nSPS) is 14.8. The second-order valence-corrected chi connectivity index (χ2v) is 4.64. The van der Waals surface area contributed by atoms with E-state index in [0.717, 1.165) is 30.3 Å². The Hall–Kier alpha value is -2.17. The third-order valence-electron chi connectivity index (χ3n) is 3.34. The third kappa shape index (κ3) is 1.59. The van der Waals surface area contributed by atoms with Gasteiger partial charge in [0.25, 0.3) is 0 Å². The fourth-order valence-corrected chi connectivity index (χ4v) is 2.43. The quantitative estimate of drug-likeness (QED) is 0.826. The Morgan fingerprint density at radius 3 is 2.50 bits per heavy atom. The second kappa shape index (κ2) is 3.94. The molecule has 0 saturated heterocycles. The molecule has 5 nitrogen and oxygen atoms in total. The van der Waals surface area contributed by atoms with Gasteiger partial charge in [0.15, 0.2) is 5.82 Å². The summed E-state index contributed by atoms with van der Waals surface area (Å²) in [6.07, 6.45) is 1.84. The first-order chi connectivity index (χ1) is 8.66. The van der Waals surface area contributed by atoms with Crippen LogP contribution in [0, 0.1) is 0 Å². The van der Waals surface area contributed by atoms with Crippen LogP contribution in [0.15, 0.2) is 30.5 Å². The van der Waals surface area contributed by atoms with Crippen LogP contribution in [0.3, 0.4) is 0 Å². The smallest absolute Gasteiger partial charge is 0.178 e. The molecule has 3 rings (SSSR count). The van der Waals surface area contributed by atoms with E-state index in [1.54, 1.807) is 4.68 Å². The van der Waals surface area contributed by atoms with Gasteiger partial charge in [-0.25, -0.2) is 0 Å². The summed E-state index contributed by atoms with van der Waals surface area (Å²) in [4.78, 5) is 4.44. The van der Waals surface area contributed by atoms with Crippen molar-refractivity contribution in [2.75, 3.05) is 35.7 Å². The highest BCUT2D eigenvalue weighted by Gasteiger charge is 2.24. The standard InChI is InChI=1S/C13H17N5/c1-16-7-8-18(12-6-4-3-5-11(12)16)13-10(14)9-17(2)15-13/h3-6,9H,7-8,14H2,1-2H3. The molecule has 94 valence electrons. The van der Waals surface area contributed by atoms with E-state index in [9.17, 15) is 0 Å². The van der Waals surface area contributed by atoms with Crippen LogP contribution in [0.5, 0.6) is 0 Å². The molecular formula is C13H17N5. The first-order valence-corrected chi connectivity index (χ1v) is 6.03. The molecule has 0 aliphatic carbocycles. The van der Waals surface area contributed by atoms with Crippen LogP contribution in [-0.2, 0) is 7.05 Å². The van der Waals surface area contributed by atoms with Crippen LogP contribution < -0.4 is 15.5 Å². The summed E-state index contributed by atoms with van der Waals surface area (Å²) in [7, 11) is 4.00. The summed E-state index contributed by atoms with van der Waals surface area (Å²) in [5.41, 5.74) is 9.12. The fraction of sp³-hybridized carbons (Fsp3) is 0.308. The number of anilines is 4. The van der Waals surface area contributed by atoms with Crippen molar-refractivity contribution in [2.24, 2.45) is 7.05 Å².